The van der Waals surface area contributed by atoms with Crippen molar-refractivity contribution in [1.82, 2.24) is 0 Å². The molecule has 28 heavy (non-hydrogen) atoms. The molecule has 162 valence electrons. The lowest BCUT2D eigenvalue weighted by Gasteiger charge is -2.26. The quantitative estimate of drug-likeness (QED) is 0.304. The predicted octanol–water partition coefficient (Wildman–Crippen LogP) is 2.85. The highest BCUT2D eigenvalue weighted by molar-refractivity contribution is 5.60. The summed E-state index contributed by atoms with van der Waals surface area (Å²) in [6, 6.07) is 5.26. The minimum absolute atomic E-state index is 0.124. The predicted molar refractivity (Wildman–Crippen MR) is 113 cm³/mol. The van der Waals surface area contributed by atoms with Crippen LogP contribution >= 0.6 is 0 Å². The average Bonchev–Trinajstić information content (AvgIpc) is 2.76. The second-order valence-electron chi connectivity index (χ2n) is 6.58. The first kappa shape index (κ1) is 26.3. The van der Waals surface area contributed by atoms with Crippen molar-refractivity contribution in [2.75, 3.05) is 26.6 Å². The van der Waals surface area contributed by atoms with Crippen LogP contribution in [0.25, 0.3) is 0 Å². The fraction of sp³-hybridized carbons (Fsp3) is 0.667. The third-order valence-corrected chi connectivity index (χ3v) is 4.80. The third kappa shape index (κ3) is 9.50. The van der Waals surface area contributed by atoms with E-state index in [1.54, 1.807) is 39.5 Å². The van der Waals surface area contributed by atoms with Crippen LogP contribution in [0.3, 0.4) is 0 Å². The fourth-order valence-corrected chi connectivity index (χ4v) is 3.27. The molecule has 6 N–H and O–H groups in total. The Morgan fingerprint density at radius 3 is 2.39 bits per heavy atom. The lowest BCUT2D eigenvalue weighted by molar-refractivity contribution is -0.825. The van der Waals surface area contributed by atoms with E-state index >= 15 is 0 Å². The van der Waals surface area contributed by atoms with Crippen LogP contribution in [0.15, 0.2) is 18.2 Å². The van der Waals surface area contributed by atoms with E-state index in [1.807, 2.05) is 13.8 Å². The molecule has 1 fully saturated rings. The molecule has 0 heterocycles. The Hall–Kier alpha value is -1.67. The van der Waals surface area contributed by atoms with Gasteiger partial charge in [-0.15, -0.1) is 0 Å². The largest absolute Gasteiger partial charge is 0.495 e. The van der Waals surface area contributed by atoms with E-state index in [0.29, 0.717) is 5.92 Å². The molecular weight excluding hydrogens is 358 g/mol. The van der Waals surface area contributed by atoms with Crippen LogP contribution in [0.4, 0.5) is 11.4 Å². The minimum atomic E-state index is -0.420. The van der Waals surface area contributed by atoms with Gasteiger partial charge in [0.15, 0.2) is 5.69 Å². The van der Waals surface area contributed by atoms with Gasteiger partial charge in [0.2, 0.25) is 0 Å². The Morgan fingerprint density at radius 2 is 1.93 bits per heavy atom. The number of nitrogens with one attached hydrogen (secondary N) is 1. The van der Waals surface area contributed by atoms with Crippen molar-refractivity contribution in [3.05, 3.63) is 18.2 Å². The van der Waals surface area contributed by atoms with E-state index < -0.39 is 6.10 Å². The monoisotopic (exact) mass is 398 g/mol. The number of carbonyl (C=O) groups is 1. The van der Waals surface area contributed by atoms with E-state index in [0.717, 1.165) is 35.3 Å². The van der Waals surface area contributed by atoms with Crippen LogP contribution in [-0.2, 0) is 9.53 Å². The van der Waals surface area contributed by atoms with Gasteiger partial charge in [-0.05, 0) is 18.4 Å². The number of hydrogen-bond donors (Lipinski definition) is 4. The number of hydrogen-bond acceptors (Lipinski definition) is 6. The van der Waals surface area contributed by atoms with Gasteiger partial charge in [0, 0.05) is 32.3 Å². The summed E-state index contributed by atoms with van der Waals surface area (Å²) in [5.41, 5.74) is 8.58. The standard InChI is InChI=1S/C11H21NO2.C8H12N2O2.C2H6/c1-14-11(8-13)10(12)7-9-5-3-2-4-6-9;1-9-7-5-6(10-11)3-4-8(7)12-2;1-2/h8-11H,2-7,12H2,1H3;3-5,9-11H,1-2H3;1-2H3/p+1. The molecule has 1 aliphatic rings. The van der Waals surface area contributed by atoms with Gasteiger partial charge in [-0.3, -0.25) is 0 Å². The number of rotatable bonds is 8. The van der Waals surface area contributed by atoms with Crippen molar-refractivity contribution in [3.63, 3.8) is 0 Å². The van der Waals surface area contributed by atoms with E-state index in [2.05, 4.69) is 5.32 Å². The summed E-state index contributed by atoms with van der Waals surface area (Å²) < 4.78 is 10.1. The highest BCUT2D eigenvalue weighted by atomic mass is 16.5. The van der Waals surface area contributed by atoms with Crippen molar-refractivity contribution < 1.29 is 25.0 Å². The summed E-state index contributed by atoms with van der Waals surface area (Å²) in [4.78, 5) is 10.6. The van der Waals surface area contributed by atoms with Crippen LogP contribution in [0.1, 0.15) is 52.4 Å². The zero-order chi connectivity index (χ0) is 21.4. The Kier molecular flexibility index (Phi) is 15.3. The van der Waals surface area contributed by atoms with Gasteiger partial charge < -0.3 is 25.3 Å². The number of aldehydes is 1. The zero-order valence-electron chi connectivity index (χ0n) is 18.1. The summed E-state index contributed by atoms with van der Waals surface area (Å²) >= 11 is 0. The van der Waals surface area contributed by atoms with Crippen molar-refractivity contribution in [1.29, 1.82) is 0 Å². The molecule has 0 bridgehead atoms. The van der Waals surface area contributed by atoms with Gasteiger partial charge in [0.25, 0.3) is 0 Å². The lowest BCUT2D eigenvalue weighted by Crippen LogP contribution is -2.73. The molecule has 2 rings (SSSR count). The number of quaternary nitrogens is 1. The summed E-state index contributed by atoms with van der Waals surface area (Å²) in [6.07, 6.45) is 7.84. The Labute approximate surface area is 169 Å². The number of benzene rings is 1. The van der Waals surface area contributed by atoms with Crippen molar-refractivity contribution in [2.45, 2.75) is 64.5 Å². The molecule has 7 nitrogen and oxygen atoms in total. The molecule has 0 radical (unpaired) electrons. The van der Waals surface area contributed by atoms with Crippen LogP contribution in [-0.4, -0.2) is 44.9 Å². The van der Waals surface area contributed by atoms with Gasteiger partial charge >= 0.3 is 0 Å². The van der Waals surface area contributed by atoms with Crippen LogP contribution in [0, 0.1) is 5.92 Å². The number of anilines is 1. The molecule has 0 amide bonds. The number of methoxy groups -OCH3 is 2. The molecule has 0 aromatic heterocycles. The Bertz CT molecular complexity index is 522. The molecule has 7 heteroatoms. The van der Waals surface area contributed by atoms with Gasteiger partial charge in [0.05, 0.1) is 12.8 Å². The highest BCUT2D eigenvalue weighted by Crippen LogP contribution is 2.27. The van der Waals surface area contributed by atoms with Crippen LogP contribution in [0.5, 0.6) is 5.75 Å². The van der Waals surface area contributed by atoms with E-state index in [-0.39, 0.29) is 6.04 Å². The smallest absolute Gasteiger partial charge is 0.164 e. The molecule has 0 spiro atoms. The molecule has 2 atom stereocenters. The maximum atomic E-state index is 10.6. The number of carbonyl (C=O) groups excluding carboxylic acids is 1. The Morgan fingerprint density at radius 1 is 1.29 bits per heavy atom. The van der Waals surface area contributed by atoms with Crippen molar-refractivity contribution in [3.8, 4) is 5.75 Å². The van der Waals surface area contributed by atoms with E-state index in [9.17, 15) is 4.79 Å². The first-order valence-electron chi connectivity index (χ1n) is 10.2. The van der Waals surface area contributed by atoms with E-state index in [4.69, 9.17) is 20.4 Å². The lowest BCUT2D eigenvalue weighted by atomic mass is 9.84. The maximum absolute atomic E-state index is 10.6. The number of ether oxygens (including phenoxy) is 2. The molecule has 1 aromatic carbocycles. The fourth-order valence-electron chi connectivity index (χ4n) is 3.27. The molecule has 0 saturated heterocycles. The van der Waals surface area contributed by atoms with Crippen molar-refractivity contribution >= 4 is 17.7 Å². The summed E-state index contributed by atoms with van der Waals surface area (Å²) in [5, 5.41) is 11.7. The van der Waals surface area contributed by atoms with Gasteiger partial charge in [-0.1, -0.05) is 46.0 Å². The zero-order valence-corrected chi connectivity index (χ0v) is 18.1. The molecular formula is C21H40N3O4+. The van der Waals surface area contributed by atoms with Gasteiger partial charge in [0.1, 0.15) is 18.1 Å². The summed E-state index contributed by atoms with van der Waals surface area (Å²) in [5.74, 6) is 1.47. The normalized spacial score (nSPS) is 15.8. The number of nitrogens with two attached hydrogens (primary N) is 2. The average molecular weight is 399 g/mol. The first-order valence-corrected chi connectivity index (χ1v) is 10.2. The highest BCUT2D eigenvalue weighted by Gasteiger charge is 2.22. The van der Waals surface area contributed by atoms with Crippen LogP contribution < -0.4 is 21.3 Å². The second-order valence-corrected chi connectivity index (χ2v) is 6.58. The second kappa shape index (κ2) is 16.3. The van der Waals surface area contributed by atoms with Gasteiger partial charge in [-0.2, -0.15) is 5.48 Å². The Balaban J connectivity index is 0.000000483. The third-order valence-electron chi connectivity index (χ3n) is 4.80. The summed E-state index contributed by atoms with van der Waals surface area (Å²) in [6.45, 7) is 4.00. The molecule has 1 saturated carbocycles. The molecule has 1 aromatic rings. The van der Waals surface area contributed by atoms with E-state index in [1.165, 1.54) is 32.1 Å². The SMILES string of the molecule is CC.CNc1cc([NH2+]O)ccc1OC.COC(C=O)C(N)CC1CCCCC1. The maximum Gasteiger partial charge on any atom is 0.164 e. The summed E-state index contributed by atoms with van der Waals surface area (Å²) in [7, 11) is 4.96. The first-order chi connectivity index (χ1) is 13.6. The van der Waals surface area contributed by atoms with Crippen molar-refractivity contribution in [2.24, 2.45) is 11.7 Å². The molecule has 1 aliphatic carbocycles. The minimum Gasteiger partial charge on any atom is -0.495 e. The topological polar surface area (TPSA) is 110 Å². The van der Waals surface area contributed by atoms with Gasteiger partial charge in [-0.25, -0.2) is 5.21 Å². The molecule has 2 unspecified atom stereocenters. The molecule has 0 aliphatic heterocycles. The van der Waals surface area contributed by atoms with Crippen LogP contribution in [0.2, 0.25) is 0 Å².